The summed E-state index contributed by atoms with van der Waals surface area (Å²) in [5.41, 5.74) is 1.75. The Morgan fingerprint density at radius 2 is 1.85 bits per heavy atom. The molecule has 1 aromatic heterocycles. The number of nitrogens with one attached hydrogen (secondary N) is 1. The van der Waals surface area contributed by atoms with Crippen molar-refractivity contribution in [1.82, 2.24) is 9.97 Å². The number of nitrogens with zero attached hydrogens (tertiary/aromatic N) is 2. The van der Waals surface area contributed by atoms with E-state index in [1.165, 1.54) is 54.5 Å². The van der Waals surface area contributed by atoms with Crippen molar-refractivity contribution in [3.8, 4) is 5.75 Å². The number of aromatic amines is 1. The minimum absolute atomic E-state index is 0.130. The van der Waals surface area contributed by atoms with Gasteiger partial charge in [0.25, 0.3) is 5.78 Å². The molecule has 7 nitrogen and oxygen atoms in total. The predicted molar refractivity (Wildman–Crippen MR) is 125 cm³/mol. The van der Waals surface area contributed by atoms with E-state index in [1.807, 2.05) is 6.07 Å². The number of amides is 1. The lowest BCUT2D eigenvalue weighted by Gasteiger charge is -2.23. The number of hydrogen-bond acceptors (Lipinski definition) is 5. The summed E-state index contributed by atoms with van der Waals surface area (Å²) in [5, 5.41) is 11.5. The first-order valence-corrected chi connectivity index (χ1v) is 10.6. The summed E-state index contributed by atoms with van der Waals surface area (Å²) in [4.78, 5) is 35.1. The molecule has 170 valence electrons. The number of para-hydroxylation sites is 2. The van der Waals surface area contributed by atoms with Crippen molar-refractivity contribution in [3.05, 3.63) is 94.3 Å². The molecular formula is C25H17ClFN3O4. The first kappa shape index (κ1) is 21.7. The SMILES string of the molecule is COc1cc(/C(O)=C2\C(=O)C(=O)N(c3nc4ccccc4[nH]3)C2c2ccc(F)cc2)ccc1Cl. The van der Waals surface area contributed by atoms with Crippen molar-refractivity contribution >= 4 is 46.0 Å². The molecule has 0 spiro atoms. The molecule has 34 heavy (non-hydrogen) atoms. The zero-order chi connectivity index (χ0) is 24.0. The molecular weight excluding hydrogens is 461 g/mol. The van der Waals surface area contributed by atoms with Crippen LogP contribution in [0.2, 0.25) is 5.02 Å². The van der Waals surface area contributed by atoms with E-state index in [9.17, 15) is 19.1 Å². The number of aliphatic hydroxyl groups excluding tert-OH is 1. The number of fused-ring (bicyclic) bond motifs is 1. The highest BCUT2D eigenvalue weighted by Gasteiger charge is 2.48. The fourth-order valence-corrected chi connectivity index (χ4v) is 4.22. The quantitative estimate of drug-likeness (QED) is 0.245. The van der Waals surface area contributed by atoms with Crippen LogP contribution in [0.25, 0.3) is 16.8 Å². The lowest BCUT2D eigenvalue weighted by molar-refractivity contribution is -0.132. The molecule has 1 fully saturated rings. The molecule has 9 heteroatoms. The summed E-state index contributed by atoms with van der Waals surface area (Å²) in [6, 6.07) is 15.9. The number of aromatic nitrogens is 2. The van der Waals surface area contributed by atoms with Gasteiger partial charge in [0.05, 0.1) is 34.8 Å². The molecule has 1 saturated heterocycles. The molecule has 1 unspecified atom stereocenters. The zero-order valence-electron chi connectivity index (χ0n) is 17.8. The van der Waals surface area contributed by atoms with Crippen molar-refractivity contribution in [2.24, 2.45) is 0 Å². The third-order valence-corrected chi connectivity index (χ3v) is 5.97. The number of rotatable bonds is 4. The molecule has 1 amide bonds. The van der Waals surface area contributed by atoms with E-state index in [0.717, 1.165) is 0 Å². The standard InChI is InChI=1S/C25H17ClFN3O4/c1-34-19-12-14(8-11-16(19)26)22(31)20-21(13-6-9-15(27)10-7-13)30(24(33)23(20)32)25-28-17-4-2-3-5-18(17)29-25/h2-12,21,31H,1H3,(H,28,29)/b22-20+. The zero-order valence-corrected chi connectivity index (χ0v) is 18.5. The van der Waals surface area contributed by atoms with Gasteiger partial charge in [-0.1, -0.05) is 35.9 Å². The number of methoxy groups -OCH3 is 1. The highest BCUT2D eigenvalue weighted by atomic mass is 35.5. The minimum atomic E-state index is -1.05. The van der Waals surface area contributed by atoms with Crippen molar-refractivity contribution < 1.29 is 23.8 Å². The van der Waals surface area contributed by atoms with Crippen LogP contribution in [0.3, 0.4) is 0 Å². The number of ketones is 1. The van der Waals surface area contributed by atoms with Crippen molar-refractivity contribution in [2.45, 2.75) is 6.04 Å². The molecule has 0 radical (unpaired) electrons. The average molecular weight is 478 g/mol. The number of benzene rings is 3. The second kappa shape index (κ2) is 8.31. The second-order valence-electron chi connectivity index (χ2n) is 7.65. The van der Waals surface area contributed by atoms with Gasteiger partial charge in [0.1, 0.15) is 17.3 Å². The highest BCUT2D eigenvalue weighted by molar-refractivity contribution is 6.51. The average Bonchev–Trinajstić information content (AvgIpc) is 3.38. The molecule has 0 saturated carbocycles. The molecule has 2 N–H and O–H groups in total. The lowest BCUT2D eigenvalue weighted by Crippen LogP contribution is -2.30. The molecule has 4 aromatic rings. The van der Waals surface area contributed by atoms with Crippen LogP contribution in [0.15, 0.2) is 72.3 Å². The second-order valence-corrected chi connectivity index (χ2v) is 8.05. The van der Waals surface area contributed by atoms with Crippen LogP contribution in [0.5, 0.6) is 5.75 Å². The van der Waals surface area contributed by atoms with Crippen LogP contribution in [0.4, 0.5) is 10.3 Å². The topological polar surface area (TPSA) is 95.5 Å². The molecule has 3 aromatic carbocycles. The molecule has 0 aliphatic carbocycles. The van der Waals surface area contributed by atoms with E-state index in [2.05, 4.69) is 9.97 Å². The monoisotopic (exact) mass is 477 g/mol. The minimum Gasteiger partial charge on any atom is -0.507 e. The van der Waals surface area contributed by atoms with Crippen molar-refractivity contribution in [3.63, 3.8) is 0 Å². The van der Waals surface area contributed by atoms with E-state index < -0.39 is 29.3 Å². The van der Waals surface area contributed by atoms with E-state index in [-0.39, 0.29) is 22.8 Å². The van der Waals surface area contributed by atoms with Crippen molar-refractivity contribution in [1.29, 1.82) is 0 Å². The summed E-state index contributed by atoms with van der Waals surface area (Å²) < 4.78 is 18.9. The van der Waals surface area contributed by atoms with Gasteiger partial charge in [-0.25, -0.2) is 9.37 Å². The van der Waals surface area contributed by atoms with Gasteiger partial charge in [0, 0.05) is 5.56 Å². The number of hydrogen-bond donors (Lipinski definition) is 2. The number of carbonyl (C=O) groups excluding carboxylic acids is 2. The number of carbonyl (C=O) groups is 2. The molecule has 0 bridgehead atoms. The van der Waals surface area contributed by atoms with Crippen LogP contribution in [-0.2, 0) is 9.59 Å². The summed E-state index contributed by atoms with van der Waals surface area (Å²) in [6.07, 6.45) is 0. The van der Waals surface area contributed by atoms with Crippen LogP contribution >= 0.6 is 11.6 Å². The Bertz CT molecular complexity index is 1450. The summed E-state index contributed by atoms with van der Waals surface area (Å²) in [7, 11) is 1.42. The molecule has 2 heterocycles. The number of H-pyrrole nitrogens is 1. The van der Waals surface area contributed by atoms with Gasteiger partial charge in [-0.3, -0.25) is 14.5 Å². The third-order valence-electron chi connectivity index (χ3n) is 5.66. The lowest BCUT2D eigenvalue weighted by atomic mass is 9.95. The predicted octanol–water partition coefficient (Wildman–Crippen LogP) is 4.99. The fourth-order valence-electron chi connectivity index (χ4n) is 4.03. The Hall–Kier alpha value is -4.17. The van der Waals surface area contributed by atoms with E-state index >= 15 is 0 Å². The first-order chi connectivity index (χ1) is 16.4. The number of imidazole rings is 1. The number of ether oxygens (including phenoxy) is 1. The van der Waals surface area contributed by atoms with Crippen molar-refractivity contribution in [2.75, 3.05) is 12.0 Å². The Balaban J connectivity index is 1.73. The van der Waals surface area contributed by atoms with Gasteiger partial charge < -0.3 is 14.8 Å². The van der Waals surface area contributed by atoms with E-state index in [4.69, 9.17) is 16.3 Å². The molecule has 1 atom stereocenters. The first-order valence-electron chi connectivity index (χ1n) is 10.2. The molecule has 5 rings (SSSR count). The largest absolute Gasteiger partial charge is 0.507 e. The maximum atomic E-state index is 13.7. The highest BCUT2D eigenvalue weighted by Crippen LogP contribution is 2.42. The summed E-state index contributed by atoms with van der Waals surface area (Å²) >= 11 is 6.09. The summed E-state index contributed by atoms with van der Waals surface area (Å²) in [5.74, 6) is -2.26. The van der Waals surface area contributed by atoms with Crippen LogP contribution in [0.1, 0.15) is 17.2 Å². The number of aliphatic hydroxyl groups is 1. The van der Waals surface area contributed by atoms with E-state index in [0.29, 0.717) is 21.6 Å². The van der Waals surface area contributed by atoms with Gasteiger partial charge in [0.2, 0.25) is 5.95 Å². The maximum absolute atomic E-state index is 13.7. The molecule has 1 aliphatic rings. The fraction of sp³-hybridized carbons (Fsp3) is 0.0800. The van der Waals surface area contributed by atoms with Gasteiger partial charge in [-0.15, -0.1) is 0 Å². The number of Topliss-reactive ketones (excluding diaryl/α,β-unsaturated/α-hetero) is 1. The van der Waals surface area contributed by atoms with Gasteiger partial charge >= 0.3 is 5.91 Å². The maximum Gasteiger partial charge on any atom is 0.302 e. The normalized spacial score (nSPS) is 17.5. The van der Waals surface area contributed by atoms with Gasteiger partial charge in [0.15, 0.2) is 0 Å². The third kappa shape index (κ3) is 3.48. The Labute approximate surface area is 198 Å². The Kier molecular flexibility index (Phi) is 5.30. The molecule has 1 aliphatic heterocycles. The van der Waals surface area contributed by atoms with Gasteiger partial charge in [-0.2, -0.15) is 0 Å². The van der Waals surface area contributed by atoms with Crippen LogP contribution in [-0.4, -0.2) is 33.9 Å². The number of anilines is 1. The van der Waals surface area contributed by atoms with Crippen LogP contribution < -0.4 is 9.64 Å². The summed E-state index contributed by atoms with van der Waals surface area (Å²) in [6.45, 7) is 0. The Morgan fingerprint density at radius 3 is 2.56 bits per heavy atom. The number of halogens is 2. The Morgan fingerprint density at radius 1 is 1.12 bits per heavy atom. The smallest absolute Gasteiger partial charge is 0.302 e. The van der Waals surface area contributed by atoms with E-state index in [1.54, 1.807) is 18.2 Å². The van der Waals surface area contributed by atoms with Crippen LogP contribution in [0, 0.1) is 5.82 Å². The van der Waals surface area contributed by atoms with Gasteiger partial charge in [-0.05, 0) is 48.0 Å².